The van der Waals surface area contributed by atoms with E-state index < -0.39 is 11.9 Å². The normalized spacial score (nSPS) is 19.6. The first-order chi connectivity index (χ1) is 13.1. The summed E-state index contributed by atoms with van der Waals surface area (Å²) in [4.78, 5) is 29.8. The van der Waals surface area contributed by atoms with Crippen molar-refractivity contribution in [1.82, 2.24) is 10.3 Å². The predicted molar refractivity (Wildman–Crippen MR) is 101 cm³/mol. The van der Waals surface area contributed by atoms with E-state index >= 15 is 0 Å². The van der Waals surface area contributed by atoms with E-state index in [0.717, 1.165) is 36.2 Å². The van der Waals surface area contributed by atoms with E-state index in [1.165, 1.54) is 0 Å². The summed E-state index contributed by atoms with van der Waals surface area (Å²) in [5.74, 6) is -0.771. The highest BCUT2D eigenvalue weighted by molar-refractivity contribution is 6.03. The minimum absolute atomic E-state index is 0.0849. The maximum absolute atomic E-state index is 12.9. The first-order valence-electron chi connectivity index (χ1n) is 9.52. The number of nitrogens with one attached hydrogen (secondary N) is 1. The Labute approximate surface area is 159 Å². The number of rotatable bonds is 7. The summed E-state index contributed by atoms with van der Waals surface area (Å²) in [5, 5.41) is 3.28. The first-order valence-corrected chi connectivity index (χ1v) is 9.52. The number of esters is 1. The summed E-state index contributed by atoms with van der Waals surface area (Å²) in [6, 6.07) is 3.72. The summed E-state index contributed by atoms with van der Waals surface area (Å²) in [6.45, 7) is 5.08. The molecule has 0 amide bonds. The fourth-order valence-electron chi connectivity index (χ4n) is 3.65. The Bertz CT molecular complexity index is 768. The fourth-order valence-corrected chi connectivity index (χ4v) is 3.65. The van der Waals surface area contributed by atoms with Crippen LogP contribution in [0.1, 0.15) is 51.0 Å². The van der Waals surface area contributed by atoms with Gasteiger partial charge in [-0.25, -0.2) is 4.79 Å². The van der Waals surface area contributed by atoms with E-state index in [0.29, 0.717) is 30.8 Å². The van der Waals surface area contributed by atoms with Crippen LogP contribution in [0.4, 0.5) is 0 Å². The number of hydrogen-bond acceptors (Lipinski definition) is 6. The molecule has 6 heteroatoms. The monoisotopic (exact) mass is 370 g/mol. The molecule has 1 aromatic rings. The van der Waals surface area contributed by atoms with E-state index in [-0.39, 0.29) is 12.4 Å². The Kier molecular flexibility index (Phi) is 6.40. The van der Waals surface area contributed by atoms with E-state index in [2.05, 4.69) is 10.3 Å². The predicted octanol–water partition coefficient (Wildman–Crippen LogP) is 3.02. The molecule has 0 fully saturated rings. The van der Waals surface area contributed by atoms with Gasteiger partial charge in [0.1, 0.15) is 6.61 Å². The molecule has 0 radical (unpaired) electrons. The number of Topliss-reactive ketones (excluding diaryl/α,β-unsaturated/α-hetero) is 1. The SMILES string of the molecule is CCCOCCOC(=O)C1=C(C)NC2=C(C(=O)CCC2)[C@@H]1c1cccnc1. The molecule has 0 spiro atoms. The van der Waals surface area contributed by atoms with Crippen molar-refractivity contribution in [3.8, 4) is 0 Å². The highest BCUT2D eigenvalue weighted by atomic mass is 16.6. The third-order valence-corrected chi connectivity index (χ3v) is 4.82. The zero-order valence-electron chi connectivity index (χ0n) is 15.9. The minimum atomic E-state index is -0.438. The van der Waals surface area contributed by atoms with Crippen LogP contribution in [0.25, 0.3) is 0 Å². The highest BCUT2D eigenvalue weighted by Gasteiger charge is 2.39. The molecule has 0 unspecified atom stereocenters. The smallest absolute Gasteiger partial charge is 0.336 e. The van der Waals surface area contributed by atoms with Crippen LogP contribution in [0.15, 0.2) is 47.1 Å². The van der Waals surface area contributed by atoms with Crippen molar-refractivity contribution in [1.29, 1.82) is 0 Å². The molecule has 0 aromatic carbocycles. The molecule has 144 valence electrons. The van der Waals surface area contributed by atoms with Crippen molar-refractivity contribution in [2.75, 3.05) is 19.8 Å². The van der Waals surface area contributed by atoms with Gasteiger partial charge < -0.3 is 14.8 Å². The Balaban J connectivity index is 1.88. The largest absolute Gasteiger partial charge is 0.460 e. The number of carbonyl (C=O) groups is 2. The number of ether oxygens (including phenoxy) is 2. The first kappa shape index (κ1) is 19.3. The maximum Gasteiger partial charge on any atom is 0.336 e. The molecule has 1 aromatic heterocycles. The number of allylic oxidation sites excluding steroid dienone is 3. The van der Waals surface area contributed by atoms with Crippen LogP contribution in [0.3, 0.4) is 0 Å². The Morgan fingerprint density at radius 3 is 2.89 bits per heavy atom. The number of carbonyl (C=O) groups excluding carboxylic acids is 2. The quantitative estimate of drug-likeness (QED) is 0.587. The molecular formula is C21H26N2O4. The van der Waals surface area contributed by atoms with Crippen molar-refractivity contribution in [3.05, 3.63) is 52.6 Å². The molecule has 3 rings (SSSR count). The van der Waals surface area contributed by atoms with Crippen molar-refractivity contribution in [2.24, 2.45) is 0 Å². The summed E-state index contributed by atoms with van der Waals surface area (Å²) in [6.07, 6.45) is 6.46. The molecule has 2 heterocycles. The molecule has 6 nitrogen and oxygen atoms in total. The van der Waals surface area contributed by atoms with E-state index in [1.807, 2.05) is 26.0 Å². The number of ketones is 1. The topological polar surface area (TPSA) is 77.5 Å². The molecule has 27 heavy (non-hydrogen) atoms. The van der Waals surface area contributed by atoms with E-state index in [4.69, 9.17) is 9.47 Å². The van der Waals surface area contributed by atoms with E-state index in [9.17, 15) is 9.59 Å². The van der Waals surface area contributed by atoms with Crippen LogP contribution in [0, 0.1) is 0 Å². The number of nitrogens with zero attached hydrogens (tertiary/aromatic N) is 1. The lowest BCUT2D eigenvalue weighted by Crippen LogP contribution is -2.34. The molecule has 0 saturated carbocycles. The second-order valence-corrected chi connectivity index (χ2v) is 6.80. The van der Waals surface area contributed by atoms with Gasteiger partial charge in [0.05, 0.1) is 12.2 Å². The molecule has 1 aliphatic carbocycles. The lowest BCUT2D eigenvalue weighted by molar-refractivity contribution is -0.141. The highest BCUT2D eigenvalue weighted by Crippen LogP contribution is 2.42. The van der Waals surface area contributed by atoms with Crippen molar-refractivity contribution in [3.63, 3.8) is 0 Å². The second-order valence-electron chi connectivity index (χ2n) is 6.80. The maximum atomic E-state index is 12.9. The van der Waals surface area contributed by atoms with Gasteiger partial charge in [0.15, 0.2) is 5.78 Å². The lowest BCUT2D eigenvalue weighted by Gasteiger charge is -2.34. The summed E-state index contributed by atoms with van der Waals surface area (Å²) < 4.78 is 10.8. The summed E-state index contributed by atoms with van der Waals surface area (Å²) >= 11 is 0. The van der Waals surface area contributed by atoms with Gasteiger partial charge in [-0.05, 0) is 37.8 Å². The second kappa shape index (κ2) is 8.95. The van der Waals surface area contributed by atoms with Gasteiger partial charge in [0, 0.05) is 48.3 Å². The molecule has 1 atom stereocenters. The van der Waals surface area contributed by atoms with Gasteiger partial charge >= 0.3 is 5.97 Å². The number of aromatic nitrogens is 1. The Morgan fingerprint density at radius 2 is 2.15 bits per heavy atom. The number of pyridine rings is 1. The fraction of sp³-hybridized carbons (Fsp3) is 0.476. The summed E-state index contributed by atoms with van der Waals surface area (Å²) in [7, 11) is 0. The van der Waals surface area contributed by atoms with Gasteiger partial charge in [-0.15, -0.1) is 0 Å². The number of dihydropyridines is 1. The third-order valence-electron chi connectivity index (χ3n) is 4.82. The van der Waals surface area contributed by atoms with Gasteiger partial charge in [-0.3, -0.25) is 9.78 Å². The van der Waals surface area contributed by atoms with E-state index in [1.54, 1.807) is 12.4 Å². The zero-order valence-corrected chi connectivity index (χ0v) is 15.9. The molecule has 1 aliphatic heterocycles. The van der Waals surface area contributed by atoms with Crippen LogP contribution in [0.5, 0.6) is 0 Å². The summed E-state index contributed by atoms with van der Waals surface area (Å²) in [5.41, 5.74) is 3.63. The van der Waals surface area contributed by atoms with Crippen molar-refractivity contribution in [2.45, 2.75) is 45.4 Å². The molecular weight excluding hydrogens is 344 g/mol. The molecule has 0 bridgehead atoms. The third kappa shape index (κ3) is 4.27. The van der Waals surface area contributed by atoms with Crippen LogP contribution < -0.4 is 5.32 Å². The molecule has 1 N–H and O–H groups in total. The van der Waals surface area contributed by atoms with Crippen LogP contribution >= 0.6 is 0 Å². The van der Waals surface area contributed by atoms with Crippen LogP contribution in [-0.4, -0.2) is 36.6 Å². The van der Waals surface area contributed by atoms with Gasteiger partial charge in [0.2, 0.25) is 0 Å². The zero-order chi connectivity index (χ0) is 19.2. The standard InChI is InChI=1S/C21H26N2O4/c1-3-10-26-11-12-27-21(25)18-14(2)23-16-7-4-8-17(24)20(16)19(18)15-6-5-9-22-13-15/h5-6,9,13,19,23H,3-4,7-8,10-12H2,1-2H3/t19-/m1/s1. The Morgan fingerprint density at radius 1 is 1.30 bits per heavy atom. The van der Waals surface area contributed by atoms with Gasteiger partial charge in [-0.2, -0.15) is 0 Å². The molecule has 0 saturated heterocycles. The van der Waals surface area contributed by atoms with Crippen molar-refractivity contribution < 1.29 is 19.1 Å². The van der Waals surface area contributed by atoms with Crippen LogP contribution in [-0.2, 0) is 19.1 Å². The van der Waals surface area contributed by atoms with Gasteiger partial charge in [-0.1, -0.05) is 13.0 Å². The van der Waals surface area contributed by atoms with Gasteiger partial charge in [0.25, 0.3) is 0 Å². The lowest BCUT2D eigenvalue weighted by atomic mass is 9.75. The van der Waals surface area contributed by atoms with Crippen LogP contribution in [0.2, 0.25) is 0 Å². The average molecular weight is 370 g/mol. The Hall–Kier alpha value is -2.47. The minimum Gasteiger partial charge on any atom is -0.460 e. The average Bonchev–Trinajstić information content (AvgIpc) is 2.67. The number of hydrogen-bond donors (Lipinski definition) is 1. The molecule has 2 aliphatic rings. The van der Waals surface area contributed by atoms with Crippen molar-refractivity contribution >= 4 is 11.8 Å².